The number of nitrogens with zero attached hydrogens (tertiary/aromatic N) is 1. The van der Waals surface area contributed by atoms with E-state index in [0.29, 0.717) is 10.9 Å². The molecule has 1 aromatic carbocycles. The topological polar surface area (TPSA) is 41.8 Å². The quantitative estimate of drug-likeness (QED) is 0.759. The van der Waals surface area contributed by atoms with E-state index < -0.39 is 0 Å². The first kappa shape index (κ1) is 9.43. The van der Waals surface area contributed by atoms with Gasteiger partial charge in [-0.3, -0.25) is 0 Å². The van der Waals surface area contributed by atoms with Crippen LogP contribution in [-0.4, -0.2) is 10.2 Å². The van der Waals surface area contributed by atoms with Crippen molar-refractivity contribution < 1.29 is 4.42 Å². The van der Waals surface area contributed by atoms with Crippen LogP contribution in [0.2, 0.25) is 5.02 Å². The Morgan fingerprint density at radius 2 is 2.29 bits per heavy atom. The molecule has 0 bridgehead atoms. The summed E-state index contributed by atoms with van der Waals surface area (Å²) in [5.74, 6) is 0.468. The Bertz CT molecular complexity index is 518. The van der Waals surface area contributed by atoms with Crippen LogP contribution in [0.3, 0.4) is 0 Å². The molecule has 5 heteroatoms. The highest BCUT2D eigenvalue weighted by atomic mass is 35.5. The van der Waals surface area contributed by atoms with Gasteiger partial charge in [-0.1, -0.05) is 17.7 Å². The van der Waals surface area contributed by atoms with Gasteiger partial charge in [0, 0.05) is 10.6 Å². The molecule has 0 aliphatic heterocycles. The average Bonchev–Trinajstić information content (AvgIpc) is 2.56. The zero-order valence-corrected chi connectivity index (χ0v) is 8.95. The number of hydrogen-bond donors (Lipinski definition) is 1. The third kappa shape index (κ3) is 1.71. The second-order valence-corrected chi connectivity index (χ2v) is 3.68. The van der Waals surface area contributed by atoms with Gasteiger partial charge in [0.1, 0.15) is 0 Å². The van der Waals surface area contributed by atoms with Crippen LogP contribution in [0.15, 0.2) is 22.6 Å². The predicted molar refractivity (Wildman–Crippen MR) is 56.9 cm³/mol. The van der Waals surface area contributed by atoms with Gasteiger partial charge in [0.15, 0.2) is 0 Å². The Labute approximate surface area is 90.7 Å². The molecule has 0 saturated heterocycles. The molecule has 0 spiro atoms. The summed E-state index contributed by atoms with van der Waals surface area (Å²) in [6, 6.07) is 5.53. The maximum absolute atomic E-state index is 5.87. The van der Waals surface area contributed by atoms with E-state index in [4.69, 9.17) is 28.2 Å². The van der Waals surface area contributed by atoms with Gasteiger partial charge in [-0.15, -0.1) is 5.10 Å². The second-order valence-electron chi connectivity index (χ2n) is 2.88. The molecule has 0 unspecified atom stereocenters. The number of aromatic nitrogens is 2. The number of nitrogens with one attached hydrogen (secondary N) is 1. The fraction of sp³-hybridized carbons (Fsp3) is 0.111. The summed E-state index contributed by atoms with van der Waals surface area (Å²) in [4.78, 5) is 0.263. The molecule has 3 nitrogen and oxygen atoms in total. The first-order chi connectivity index (χ1) is 6.66. The Morgan fingerprint density at radius 3 is 2.93 bits per heavy atom. The highest BCUT2D eigenvalue weighted by Crippen LogP contribution is 2.24. The smallest absolute Gasteiger partial charge is 0.284 e. The molecular weight excluding hydrogens is 220 g/mol. The number of aryl methyl sites for hydroxylation is 1. The number of aromatic amines is 1. The van der Waals surface area contributed by atoms with Gasteiger partial charge in [-0.2, -0.15) is 0 Å². The van der Waals surface area contributed by atoms with Gasteiger partial charge < -0.3 is 4.42 Å². The van der Waals surface area contributed by atoms with Crippen LogP contribution >= 0.6 is 23.8 Å². The van der Waals surface area contributed by atoms with E-state index in [9.17, 15) is 0 Å². The summed E-state index contributed by atoms with van der Waals surface area (Å²) in [6.07, 6.45) is 0. The van der Waals surface area contributed by atoms with Gasteiger partial charge >= 0.3 is 0 Å². The van der Waals surface area contributed by atoms with Crippen LogP contribution in [0.25, 0.3) is 11.5 Å². The van der Waals surface area contributed by atoms with E-state index in [2.05, 4.69) is 10.2 Å². The van der Waals surface area contributed by atoms with E-state index >= 15 is 0 Å². The standard InChI is InChI=1S/C9H7ClN2OS/c1-5-2-3-6(10)4-7(5)8-11-12-9(14)13-8/h2-4H,1H3,(H,12,14). The molecule has 0 saturated carbocycles. The molecule has 1 aromatic heterocycles. The van der Waals surface area contributed by atoms with E-state index in [1.807, 2.05) is 19.1 Å². The van der Waals surface area contributed by atoms with E-state index in [1.54, 1.807) is 6.07 Å². The van der Waals surface area contributed by atoms with Crippen molar-refractivity contribution in [3.8, 4) is 11.5 Å². The minimum atomic E-state index is 0.263. The summed E-state index contributed by atoms with van der Waals surface area (Å²) in [5.41, 5.74) is 1.89. The van der Waals surface area contributed by atoms with Crippen LogP contribution in [0.1, 0.15) is 5.56 Å². The molecule has 0 aliphatic carbocycles. The van der Waals surface area contributed by atoms with Crippen molar-refractivity contribution >= 4 is 23.8 Å². The maximum atomic E-state index is 5.87. The summed E-state index contributed by atoms with van der Waals surface area (Å²) < 4.78 is 5.19. The fourth-order valence-electron chi connectivity index (χ4n) is 1.17. The lowest BCUT2D eigenvalue weighted by Crippen LogP contribution is -1.83. The fourth-order valence-corrected chi connectivity index (χ4v) is 1.47. The summed E-state index contributed by atoms with van der Waals surface area (Å²) in [7, 11) is 0. The second kappa shape index (κ2) is 3.55. The minimum absolute atomic E-state index is 0.263. The molecule has 0 radical (unpaired) electrons. The number of halogens is 1. The van der Waals surface area contributed by atoms with Crippen LogP contribution in [-0.2, 0) is 0 Å². The summed E-state index contributed by atoms with van der Waals surface area (Å²) in [6.45, 7) is 1.96. The van der Waals surface area contributed by atoms with Crippen molar-refractivity contribution in [3.63, 3.8) is 0 Å². The zero-order chi connectivity index (χ0) is 10.1. The van der Waals surface area contributed by atoms with E-state index in [-0.39, 0.29) is 4.84 Å². The van der Waals surface area contributed by atoms with Crippen molar-refractivity contribution in [3.05, 3.63) is 33.6 Å². The number of H-pyrrole nitrogens is 1. The number of benzene rings is 1. The molecule has 1 heterocycles. The third-order valence-electron chi connectivity index (χ3n) is 1.87. The summed E-state index contributed by atoms with van der Waals surface area (Å²) >= 11 is 10.7. The molecule has 14 heavy (non-hydrogen) atoms. The molecule has 72 valence electrons. The largest absolute Gasteiger partial charge is 0.409 e. The van der Waals surface area contributed by atoms with Crippen LogP contribution in [0, 0.1) is 11.8 Å². The van der Waals surface area contributed by atoms with Crippen molar-refractivity contribution in [1.29, 1.82) is 0 Å². The minimum Gasteiger partial charge on any atom is -0.409 e. The van der Waals surface area contributed by atoms with E-state index in [1.165, 1.54) is 0 Å². The Kier molecular flexibility index (Phi) is 2.39. The van der Waals surface area contributed by atoms with Crippen molar-refractivity contribution in [2.75, 3.05) is 0 Å². The molecule has 2 rings (SSSR count). The first-order valence-electron chi connectivity index (χ1n) is 3.99. The zero-order valence-electron chi connectivity index (χ0n) is 7.37. The lowest BCUT2D eigenvalue weighted by atomic mass is 10.1. The van der Waals surface area contributed by atoms with Gasteiger partial charge in [0.2, 0.25) is 5.89 Å². The highest BCUT2D eigenvalue weighted by Gasteiger charge is 2.07. The number of hydrogen-bond acceptors (Lipinski definition) is 3. The van der Waals surface area contributed by atoms with Crippen LogP contribution < -0.4 is 0 Å². The SMILES string of the molecule is Cc1ccc(Cl)cc1-c1n[nH]c(=S)o1. The molecule has 0 amide bonds. The Morgan fingerprint density at radius 1 is 1.50 bits per heavy atom. The predicted octanol–water partition coefficient (Wildman–Crippen LogP) is 3.36. The molecule has 0 aliphatic rings. The average molecular weight is 227 g/mol. The summed E-state index contributed by atoms with van der Waals surface area (Å²) in [5, 5.41) is 7.15. The lowest BCUT2D eigenvalue weighted by Gasteiger charge is -2.00. The normalized spacial score (nSPS) is 10.4. The van der Waals surface area contributed by atoms with Gasteiger partial charge in [-0.25, -0.2) is 5.10 Å². The lowest BCUT2D eigenvalue weighted by molar-refractivity contribution is 0.551. The third-order valence-corrected chi connectivity index (χ3v) is 2.28. The molecule has 1 N–H and O–H groups in total. The van der Waals surface area contributed by atoms with Gasteiger partial charge in [0.05, 0.1) is 0 Å². The Hall–Kier alpha value is -1.13. The maximum Gasteiger partial charge on any atom is 0.284 e. The van der Waals surface area contributed by atoms with Crippen molar-refractivity contribution in [2.24, 2.45) is 0 Å². The van der Waals surface area contributed by atoms with E-state index in [0.717, 1.165) is 11.1 Å². The highest BCUT2D eigenvalue weighted by molar-refractivity contribution is 7.71. The number of rotatable bonds is 1. The Balaban J connectivity index is 2.61. The molecule has 0 fully saturated rings. The van der Waals surface area contributed by atoms with Crippen molar-refractivity contribution in [1.82, 2.24) is 10.2 Å². The molecular formula is C9H7ClN2OS. The van der Waals surface area contributed by atoms with Crippen molar-refractivity contribution in [2.45, 2.75) is 6.92 Å². The van der Waals surface area contributed by atoms with Crippen LogP contribution in [0.4, 0.5) is 0 Å². The van der Waals surface area contributed by atoms with Gasteiger partial charge in [0.25, 0.3) is 4.84 Å². The molecule has 2 aromatic rings. The molecule has 0 atom stereocenters. The monoisotopic (exact) mass is 226 g/mol. The van der Waals surface area contributed by atoms with Crippen LogP contribution in [0.5, 0.6) is 0 Å². The van der Waals surface area contributed by atoms with Gasteiger partial charge in [-0.05, 0) is 36.8 Å². The first-order valence-corrected chi connectivity index (χ1v) is 4.77.